The highest BCUT2D eigenvalue weighted by atomic mass is 32.2. The molecule has 3 nitrogen and oxygen atoms in total. The lowest BCUT2D eigenvalue weighted by Gasteiger charge is -2.42. The summed E-state index contributed by atoms with van der Waals surface area (Å²) < 4.78 is 118. The Bertz CT molecular complexity index is 520. The largest absolute Gasteiger partial charge is 0.461 e. The van der Waals surface area contributed by atoms with Gasteiger partial charge in [-0.3, -0.25) is 0 Å². The van der Waals surface area contributed by atoms with E-state index in [1.807, 2.05) is 0 Å². The molecule has 0 saturated heterocycles. The molecular formula is C12H21F7O3SSi. The van der Waals surface area contributed by atoms with Gasteiger partial charge < -0.3 is 3.87 Å². The SMILES string of the molecule is CC(C)[Si](OS(=O)(=O)C(F)(F)C(F)(F)C(F)(F)F)(C(C)C)C(C)C. The number of hydrogen-bond acceptors (Lipinski definition) is 3. The minimum atomic E-state index is -6.77. The Kier molecular flexibility index (Phi) is 6.64. The van der Waals surface area contributed by atoms with Gasteiger partial charge in [0, 0.05) is 0 Å². The van der Waals surface area contributed by atoms with E-state index in [1.165, 1.54) is 41.5 Å². The van der Waals surface area contributed by atoms with Crippen molar-refractivity contribution in [1.29, 1.82) is 0 Å². The first kappa shape index (κ1) is 23.6. The van der Waals surface area contributed by atoms with E-state index in [0.717, 1.165) is 0 Å². The van der Waals surface area contributed by atoms with Crippen molar-refractivity contribution >= 4 is 18.4 Å². The van der Waals surface area contributed by atoms with Crippen LogP contribution in [0.15, 0.2) is 0 Å². The second-order valence-electron chi connectivity index (χ2n) is 6.44. The molecule has 0 bridgehead atoms. The molecule has 0 heterocycles. The third kappa shape index (κ3) is 3.59. The Balaban J connectivity index is 6.26. The molecule has 0 unspecified atom stereocenters. The number of alkyl halides is 7. The molecule has 0 N–H and O–H groups in total. The van der Waals surface area contributed by atoms with Crippen LogP contribution in [0.25, 0.3) is 0 Å². The molecule has 0 aliphatic rings. The van der Waals surface area contributed by atoms with Crippen LogP contribution in [0, 0.1) is 0 Å². The fourth-order valence-electron chi connectivity index (χ4n) is 2.85. The van der Waals surface area contributed by atoms with Crippen LogP contribution in [0.1, 0.15) is 41.5 Å². The summed E-state index contributed by atoms with van der Waals surface area (Å²) in [6.45, 7) is 8.76. The predicted molar refractivity (Wildman–Crippen MR) is 77.0 cm³/mol. The Morgan fingerprint density at radius 2 is 1.04 bits per heavy atom. The van der Waals surface area contributed by atoms with Crippen LogP contribution >= 0.6 is 0 Å². The third-order valence-corrected chi connectivity index (χ3v) is 12.3. The molecule has 0 aromatic carbocycles. The summed E-state index contributed by atoms with van der Waals surface area (Å²) in [5.41, 5.74) is -1.87. The number of halogens is 7. The highest BCUT2D eigenvalue weighted by Gasteiger charge is 2.80. The summed E-state index contributed by atoms with van der Waals surface area (Å²) in [6, 6.07) is 0. The fourth-order valence-corrected chi connectivity index (χ4v) is 11.5. The summed E-state index contributed by atoms with van der Waals surface area (Å²) in [6.07, 6.45) is -6.75. The molecule has 24 heavy (non-hydrogen) atoms. The van der Waals surface area contributed by atoms with Crippen molar-refractivity contribution in [3.05, 3.63) is 0 Å². The van der Waals surface area contributed by atoms with E-state index in [9.17, 15) is 39.2 Å². The second-order valence-corrected chi connectivity index (χ2v) is 13.7. The molecule has 0 radical (unpaired) electrons. The molecule has 0 aliphatic heterocycles. The summed E-state index contributed by atoms with van der Waals surface area (Å²) in [5.74, 6) is -6.77. The Hall–Kier alpha value is -0.363. The Morgan fingerprint density at radius 3 is 1.25 bits per heavy atom. The molecule has 0 aromatic rings. The molecular weight excluding hydrogens is 385 g/mol. The van der Waals surface area contributed by atoms with Crippen LogP contribution in [0.5, 0.6) is 0 Å². The Labute approximate surface area is 137 Å². The predicted octanol–water partition coefficient (Wildman–Crippen LogP) is 5.30. The van der Waals surface area contributed by atoms with Crippen molar-refractivity contribution in [2.24, 2.45) is 0 Å². The zero-order valence-corrected chi connectivity index (χ0v) is 15.8. The van der Waals surface area contributed by atoms with Crippen molar-refractivity contribution in [3.8, 4) is 0 Å². The Morgan fingerprint density at radius 1 is 0.750 bits per heavy atom. The summed E-state index contributed by atoms with van der Waals surface area (Å²) >= 11 is 0. The zero-order valence-electron chi connectivity index (χ0n) is 14.0. The maximum Gasteiger partial charge on any atom is 0.461 e. The van der Waals surface area contributed by atoms with Gasteiger partial charge in [0.1, 0.15) is 0 Å². The highest BCUT2D eigenvalue weighted by molar-refractivity contribution is 7.89. The quantitative estimate of drug-likeness (QED) is 0.426. The molecule has 146 valence electrons. The van der Waals surface area contributed by atoms with Gasteiger partial charge >= 0.3 is 27.5 Å². The van der Waals surface area contributed by atoms with Gasteiger partial charge in [-0.2, -0.15) is 39.2 Å². The van der Waals surface area contributed by atoms with E-state index in [4.69, 9.17) is 0 Å². The number of rotatable bonds is 7. The van der Waals surface area contributed by atoms with Gasteiger partial charge in [0.05, 0.1) is 0 Å². The molecule has 0 rings (SSSR count). The lowest BCUT2D eigenvalue weighted by molar-refractivity contribution is -0.333. The first-order chi connectivity index (χ1) is 10.3. The molecule has 0 aliphatic carbocycles. The average Bonchev–Trinajstić information content (AvgIpc) is 2.32. The lowest BCUT2D eigenvalue weighted by Crippen LogP contribution is -2.60. The van der Waals surface area contributed by atoms with Crippen molar-refractivity contribution in [2.75, 3.05) is 0 Å². The highest BCUT2D eigenvalue weighted by Crippen LogP contribution is 2.52. The topological polar surface area (TPSA) is 43.4 Å². The monoisotopic (exact) mass is 406 g/mol. The summed E-state index contributed by atoms with van der Waals surface area (Å²) in [4.78, 5) is 0. The van der Waals surface area contributed by atoms with Gasteiger partial charge in [0.25, 0.3) is 0 Å². The van der Waals surface area contributed by atoms with E-state index >= 15 is 0 Å². The van der Waals surface area contributed by atoms with E-state index in [1.54, 1.807) is 0 Å². The molecule has 0 amide bonds. The zero-order chi connectivity index (χ0) is 19.9. The molecule has 0 fully saturated rings. The first-order valence-electron chi connectivity index (χ1n) is 7.06. The third-order valence-electron chi connectivity index (χ3n) is 4.00. The molecule has 0 saturated carbocycles. The van der Waals surface area contributed by atoms with E-state index in [2.05, 4.69) is 3.87 Å². The van der Waals surface area contributed by atoms with E-state index in [-0.39, 0.29) is 0 Å². The maximum absolute atomic E-state index is 13.6. The van der Waals surface area contributed by atoms with Crippen LogP contribution in [0.3, 0.4) is 0 Å². The molecule has 0 aromatic heterocycles. The van der Waals surface area contributed by atoms with Crippen LogP contribution < -0.4 is 0 Å². The minimum Gasteiger partial charge on any atom is -0.309 e. The van der Waals surface area contributed by atoms with Gasteiger partial charge in [-0.25, -0.2) is 0 Å². The average molecular weight is 406 g/mol. The lowest BCUT2D eigenvalue weighted by atomic mass is 10.3. The van der Waals surface area contributed by atoms with Crippen LogP contribution in [-0.2, 0) is 14.0 Å². The summed E-state index contributed by atoms with van der Waals surface area (Å²) in [7, 11) is -10.2. The van der Waals surface area contributed by atoms with Crippen LogP contribution in [0.2, 0.25) is 16.6 Å². The van der Waals surface area contributed by atoms with Crippen molar-refractivity contribution < 1.29 is 43.0 Å². The first-order valence-corrected chi connectivity index (χ1v) is 10.6. The van der Waals surface area contributed by atoms with Crippen molar-refractivity contribution in [3.63, 3.8) is 0 Å². The molecule has 0 spiro atoms. The summed E-state index contributed by atoms with van der Waals surface area (Å²) in [5, 5.41) is -6.44. The van der Waals surface area contributed by atoms with Crippen LogP contribution in [-0.4, -0.2) is 34.1 Å². The standard InChI is InChI=1S/C12H21F7O3SSi/c1-7(2)24(8(3)4,9(5)6)22-23(20,21)12(18,19)10(13,14)11(15,16)17/h7-9H,1-6H3. The molecule has 12 heteroatoms. The maximum atomic E-state index is 13.6. The van der Waals surface area contributed by atoms with Gasteiger partial charge in [0.2, 0.25) is 8.32 Å². The second kappa shape index (κ2) is 6.75. The van der Waals surface area contributed by atoms with Gasteiger partial charge in [-0.15, -0.1) is 0 Å². The van der Waals surface area contributed by atoms with E-state index in [0.29, 0.717) is 0 Å². The smallest absolute Gasteiger partial charge is 0.309 e. The van der Waals surface area contributed by atoms with E-state index < -0.39 is 52.4 Å². The van der Waals surface area contributed by atoms with Gasteiger partial charge in [-0.05, 0) is 16.6 Å². The molecule has 0 atom stereocenters. The van der Waals surface area contributed by atoms with Gasteiger partial charge in [-0.1, -0.05) is 41.5 Å². The number of hydrogen-bond donors (Lipinski definition) is 0. The van der Waals surface area contributed by atoms with Crippen molar-refractivity contribution in [2.45, 2.75) is 75.5 Å². The fraction of sp³-hybridized carbons (Fsp3) is 1.00. The van der Waals surface area contributed by atoms with Crippen molar-refractivity contribution in [1.82, 2.24) is 0 Å². The normalized spacial score (nSPS) is 15.7. The minimum absolute atomic E-state index is 0.623. The van der Waals surface area contributed by atoms with Crippen LogP contribution in [0.4, 0.5) is 30.7 Å². The van der Waals surface area contributed by atoms with Gasteiger partial charge in [0.15, 0.2) is 0 Å².